The topological polar surface area (TPSA) is 31.2 Å². The average molecular weight is 269 g/mol. The molecular formula is C17H19NO2. The number of carbonyl (C=O) groups is 1. The molecule has 0 aliphatic heterocycles. The number of carbonyl (C=O) groups excluding carboxylic acids is 1. The summed E-state index contributed by atoms with van der Waals surface area (Å²) in [5.74, 6) is 1.19. The van der Waals surface area contributed by atoms with Crippen molar-refractivity contribution < 1.29 is 9.53 Å². The van der Waals surface area contributed by atoms with Gasteiger partial charge in [0.1, 0.15) is 12.4 Å². The van der Waals surface area contributed by atoms with Gasteiger partial charge in [-0.1, -0.05) is 12.1 Å². The van der Waals surface area contributed by atoms with Gasteiger partial charge < -0.3 is 9.30 Å². The molecule has 0 N–H and O–H groups in total. The van der Waals surface area contributed by atoms with Crippen LogP contribution in [0.5, 0.6) is 5.75 Å². The average Bonchev–Trinajstić information content (AvgIpc) is 2.84. The van der Waals surface area contributed by atoms with Gasteiger partial charge in [-0.2, -0.15) is 0 Å². The van der Waals surface area contributed by atoms with Crippen molar-refractivity contribution >= 4 is 5.78 Å². The molecule has 3 rings (SSSR count). The number of fused-ring (bicyclic) bond motifs is 1. The van der Waals surface area contributed by atoms with Crippen molar-refractivity contribution in [3.63, 3.8) is 0 Å². The zero-order valence-electron chi connectivity index (χ0n) is 11.8. The lowest BCUT2D eigenvalue weighted by atomic mass is 9.97. The van der Waals surface area contributed by atoms with Gasteiger partial charge in [0, 0.05) is 23.9 Å². The summed E-state index contributed by atoms with van der Waals surface area (Å²) in [6.07, 6.45) is 4.66. The fourth-order valence-corrected chi connectivity index (χ4v) is 2.77. The summed E-state index contributed by atoms with van der Waals surface area (Å²) < 4.78 is 7.93. The molecule has 104 valence electrons. The fraction of sp³-hybridized carbons (Fsp3) is 0.353. The molecule has 1 heterocycles. The number of hydrogen-bond donors (Lipinski definition) is 0. The first kappa shape index (κ1) is 13.0. The molecule has 20 heavy (non-hydrogen) atoms. The van der Waals surface area contributed by atoms with Gasteiger partial charge in [0.25, 0.3) is 0 Å². The van der Waals surface area contributed by atoms with E-state index in [-0.39, 0.29) is 5.78 Å². The lowest BCUT2D eigenvalue weighted by molar-refractivity contribution is 0.0971. The molecule has 3 nitrogen and oxygen atoms in total. The number of aromatic nitrogens is 1. The Bertz CT molecular complexity index is 628. The highest BCUT2D eigenvalue weighted by Crippen LogP contribution is 2.22. The highest BCUT2D eigenvalue weighted by atomic mass is 16.5. The minimum absolute atomic E-state index is 0.282. The summed E-state index contributed by atoms with van der Waals surface area (Å²) in [5, 5.41) is 0. The largest absolute Gasteiger partial charge is 0.492 e. The van der Waals surface area contributed by atoms with Crippen LogP contribution >= 0.6 is 0 Å². The molecule has 0 unspecified atom stereocenters. The van der Waals surface area contributed by atoms with Crippen molar-refractivity contribution in [1.29, 1.82) is 0 Å². The van der Waals surface area contributed by atoms with Gasteiger partial charge in [0.05, 0.1) is 6.54 Å². The standard InChI is InChI=1S/C17H19NO2/c1-13-4-2-5-14(12-13)20-11-10-18-9-8-15-16(18)6-3-7-17(15)19/h2,4-5,8-9,12H,3,6-7,10-11H2,1H3. The number of aryl methyl sites for hydroxylation is 1. The van der Waals surface area contributed by atoms with E-state index in [1.165, 1.54) is 11.3 Å². The zero-order valence-corrected chi connectivity index (χ0v) is 11.8. The van der Waals surface area contributed by atoms with Crippen LogP contribution in [0.15, 0.2) is 36.5 Å². The van der Waals surface area contributed by atoms with Gasteiger partial charge in [0.2, 0.25) is 0 Å². The summed E-state index contributed by atoms with van der Waals surface area (Å²) in [6.45, 7) is 3.47. The molecule has 1 aliphatic carbocycles. The van der Waals surface area contributed by atoms with Crippen molar-refractivity contribution in [1.82, 2.24) is 4.57 Å². The number of benzene rings is 1. The van der Waals surface area contributed by atoms with Gasteiger partial charge in [-0.25, -0.2) is 0 Å². The Morgan fingerprint density at radius 3 is 3.00 bits per heavy atom. The maximum absolute atomic E-state index is 11.8. The molecule has 1 aromatic heterocycles. The molecule has 0 saturated heterocycles. The highest BCUT2D eigenvalue weighted by molar-refractivity contribution is 5.98. The lowest BCUT2D eigenvalue weighted by Crippen LogP contribution is -2.15. The molecule has 0 bridgehead atoms. The number of rotatable bonds is 4. The number of nitrogens with zero attached hydrogens (tertiary/aromatic N) is 1. The molecule has 0 saturated carbocycles. The van der Waals surface area contributed by atoms with Gasteiger partial charge in [0.15, 0.2) is 5.78 Å². The monoisotopic (exact) mass is 269 g/mol. The van der Waals surface area contributed by atoms with E-state index in [1.54, 1.807) is 0 Å². The van der Waals surface area contributed by atoms with Crippen LogP contribution in [0.3, 0.4) is 0 Å². The fourth-order valence-electron chi connectivity index (χ4n) is 2.77. The summed E-state index contributed by atoms with van der Waals surface area (Å²) in [4.78, 5) is 11.8. The molecule has 3 heteroatoms. The van der Waals surface area contributed by atoms with E-state index in [4.69, 9.17) is 4.74 Å². The minimum atomic E-state index is 0.282. The molecule has 0 radical (unpaired) electrons. The van der Waals surface area contributed by atoms with Gasteiger partial charge >= 0.3 is 0 Å². The van der Waals surface area contributed by atoms with E-state index in [9.17, 15) is 4.79 Å². The number of ketones is 1. The second-order valence-electron chi connectivity index (χ2n) is 5.31. The third kappa shape index (κ3) is 2.62. The van der Waals surface area contributed by atoms with Gasteiger partial charge in [-0.15, -0.1) is 0 Å². The molecule has 0 spiro atoms. The van der Waals surface area contributed by atoms with Crippen molar-refractivity contribution in [3.8, 4) is 5.75 Å². The first-order valence-corrected chi connectivity index (χ1v) is 7.15. The van der Waals surface area contributed by atoms with Crippen LogP contribution in [-0.4, -0.2) is 17.0 Å². The van der Waals surface area contributed by atoms with Crippen LogP contribution in [0.4, 0.5) is 0 Å². The third-order valence-electron chi connectivity index (χ3n) is 3.79. The molecule has 0 fully saturated rings. The second kappa shape index (κ2) is 5.53. The van der Waals surface area contributed by atoms with Crippen molar-refractivity contribution in [2.45, 2.75) is 32.7 Å². The Balaban J connectivity index is 1.63. The summed E-state index contributed by atoms with van der Waals surface area (Å²) in [6, 6.07) is 10.0. The zero-order chi connectivity index (χ0) is 13.9. The number of hydrogen-bond acceptors (Lipinski definition) is 2. The van der Waals surface area contributed by atoms with Crippen LogP contribution in [0.2, 0.25) is 0 Å². The molecule has 1 aromatic carbocycles. The Hall–Kier alpha value is -2.03. The van der Waals surface area contributed by atoms with Crippen molar-refractivity contribution in [2.75, 3.05) is 6.61 Å². The molecule has 1 aliphatic rings. The minimum Gasteiger partial charge on any atom is -0.492 e. The normalized spacial score (nSPS) is 14.2. The quantitative estimate of drug-likeness (QED) is 0.852. The number of Topliss-reactive ketones (excluding diaryl/α,β-unsaturated/α-hetero) is 1. The van der Waals surface area contributed by atoms with E-state index >= 15 is 0 Å². The first-order valence-electron chi connectivity index (χ1n) is 7.15. The van der Waals surface area contributed by atoms with Crippen molar-refractivity contribution in [3.05, 3.63) is 53.3 Å². The van der Waals surface area contributed by atoms with Crippen LogP contribution in [0, 0.1) is 6.92 Å². The smallest absolute Gasteiger partial charge is 0.164 e. The lowest BCUT2D eigenvalue weighted by Gasteiger charge is -2.15. The Labute approximate surface area is 119 Å². The van der Waals surface area contributed by atoms with Crippen LogP contribution in [0.25, 0.3) is 0 Å². The maximum Gasteiger partial charge on any atom is 0.164 e. The van der Waals surface area contributed by atoms with Gasteiger partial charge in [-0.05, 0) is 43.5 Å². The second-order valence-corrected chi connectivity index (χ2v) is 5.31. The van der Waals surface area contributed by atoms with E-state index in [0.717, 1.165) is 30.7 Å². The Morgan fingerprint density at radius 1 is 1.25 bits per heavy atom. The van der Waals surface area contributed by atoms with E-state index in [1.807, 2.05) is 30.5 Å². The molecule has 0 amide bonds. The number of ether oxygens (including phenoxy) is 1. The van der Waals surface area contributed by atoms with E-state index in [0.29, 0.717) is 13.0 Å². The first-order chi connectivity index (χ1) is 9.74. The Kier molecular flexibility index (Phi) is 3.59. The summed E-state index contributed by atoms with van der Waals surface area (Å²) >= 11 is 0. The summed E-state index contributed by atoms with van der Waals surface area (Å²) in [7, 11) is 0. The van der Waals surface area contributed by atoms with E-state index in [2.05, 4.69) is 17.6 Å². The third-order valence-corrected chi connectivity index (χ3v) is 3.79. The summed E-state index contributed by atoms with van der Waals surface area (Å²) in [5.41, 5.74) is 3.28. The maximum atomic E-state index is 11.8. The SMILES string of the molecule is Cc1cccc(OCCn2ccc3c2CCCC3=O)c1. The molecule has 2 aromatic rings. The van der Waals surface area contributed by atoms with E-state index < -0.39 is 0 Å². The van der Waals surface area contributed by atoms with Gasteiger partial charge in [-0.3, -0.25) is 4.79 Å². The van der Waals surface area contributed by atoms with Crippen LogP contribution in [-0.2, 0) is 13.0 Å². The predicted molar refractivity (Wildman–Crippen MR) is 78.4 cm³/mol. The van der Waals surface area contributed by atoms with Crippen LogP contribution in [0.1, 0.15) is 34.5 Å². The highest BCUT2D eigenvalue weighted by Gasteiger charge is 2.20. The molecular weight excluding hydrogens is 250 g/mol. The Morgan fingerprint density at radius 2 is 2.15 bits per heavy atom. The van der Waals surface area contributed by atoms with Crippen LogP contribution < -0.4 is 4.74 Å². The van der Waals surface area contributed by atoms with Crippen molar-refractivity contribution in [2.24, 2.45) is 0 Å². The molecule has 0 atom stereocenters. The predicted octanol–water partition coefficient (Wildman–Crippen LogP) is 3.39.